The first-order chi connectivity index (χ1) is 21.2. The molecule has 12 heteroatoms. The summed E-state index contributed by atoms with van der Waals surface area (Å²) in [5.74, 6) is -0.299. The van der Waals surface area contributed by atoms with Gasteiger partial charge in [-0.2, -0.15) is 17.2 Å². The molecule has 0 aliphatic carbocycles. The van der Waals surface area contributed by atoms with Crippen molar-refractivity contribution in [1.82, 2.24) is 0 Å². The molecule has 2 atom stereocenters. The van der Waals surface area contributed by atoms with E-state index in [2.05, 4.69) is 71.0 Å². The number of aromatic nitrogens is 1. The molecule has 0 fully saturated rings. The van der Waals surface area contributed by atoms with Crippen LogP contribution in [-0.2, 0) is 32.2 Å². The number of hydrogen-bond acceptors (Lipinski definition) is 7. The van der Waals surface area contributed by atoms with Crippen molar-refractivity contribution in [2.45, 2.75) is 43.0 Å². The smallest absolute Gasteiger partial charge is 0.301 e. The van der Waals surface area contributed by atoms with Gasteiger partial charge in [0, 0.05) is 29.3 Å². The van der Waals surface area contributed by atoms with Crippen LogP contribution in [0.25, 0.3) is 37.8 Å². The fourth-order valence-electron chi connectivity index (χ4n) is 5.91. The minimum atomic E-state index is -4.07. The van der Waals surface area contributed by atoms with Crippen LogP contribution in [0.2, 0.25) is 0 Å². The standard InChI is InChI=1S/C32H32N2O6S4/c1-2-22(21-30-34(17-18-40-43(35)36)32-26-11-6-4-9-24(26)13-15-28(32)42-30)20-29-33(16-7-19-44(37,38)39)31-25-10-5-3-8-23(25)12-14-27(31)41-29/h3-6,8-15,20,30H,2,7,16-19,21H2,1H3,(H-,35,36,37,38,39)/p+1. The third kappa shape index (κ3) is 6.71. The molecule has 0 saturated heterocycles. The van der Waals surface area contributed by atoms with Crippen molar-refractivity contribution in [3.8, 4) is 0 Å². The van der Waals surface area contributed by atoms with E-state index < -0.39 is 21.5 Å². The highest BCUT2D eigenvalue weighted by Crippen LogP contribution is 2.49. The maximum Gasteiger partial charge on any atom is 0.301 e. The molecule has 5 aromatic rings. The van der Waals surface area contributed by atoms with Crippen molar-refractivity contribution in [2.75, 3.05) is 23.8 Å². The van der Waals surface area contributed by atoms with Crippen LogP contribution in [0.15, 0.2) is 83.3 Å². The monoisotopic (exact) mass is 669 g/mol. The number of aryl methyl sites for hydroxylation is 1. The van der Waals surface area contributed by atoms with Crippen molar-refractivity contribution < 1.29 is 30.5 Å². The largest absolute Gasteiger partial charge is 0.355 e. The Labute approximate surface area is 267 Å². The predicted molar refractivity (Wildman–Crippen MR) is 181 cm³/mol. The molecule has 0 bridgehead atoms. The maximum atomic E-state index is 11.5. The van der Waals surface area contributed by atoms with Gasteiger partial charge in [0.25, 0.3) is 15.1 Å². The van der Waals surface area contributed by atoms with Crippen LogP contribution >= 0.6 is 23.1 Å². The van der Waals surface area contributed by atoms with Gasteiger partial charge in [-0.15, -0.1) is 0 Å². The Morgan fingerprint density at radius 1 is 1.05 bits per heavy atom. The van der Waals surface area contributed by atoms with Crippen molar-refractivity contribution >= 4 is 88.1 Å². The molecular formula is C32H33N2O6S4+. The third-order valence-electron chi connectivity index (χ3n) is 7.89. The van der Waals surface area contributed by atoms with Gasteiger partial charge in [-0.25, -0.2) is 0 Å². The number of hydrogen-bond donors (Lipinski definition) is 2. The van der Waals surface area contributed by atoms with Gasteiger partial charge < -0.3 is 4.90 Å². The fraction of sp³-hybridized carbons (Fsp3) is 0.281. The zero-order valence-electron chi connectivity index (χ0n) is 24.1. The summed E-state index contributed by atoms with van der Waals surface area (Å²) in [7, 11) is -4.07. The third-order valence-corrected chi connectivity index (χ3v) is 11.4. The van der Waals surface area contributed by atoms with Crippen LogP contribution < -0.4 is 9.47 Å². The molecule has 2 unspecified atom stereocenters. The molecule has 0 spiro atoms. The first-order valence-electron chi connectivity index (χ1n) is 14.4. The van der Waals surface area contributed by atoms with Crippen LogP contribution in [0.1, 0.15) is 31.2 Å². The van der Waals surface area contributed by atoms with E-state index in [1.54, 1.807) is 23.1 Å². The van der Waals surface area contributed by atoms with E-state index in [9.17, 15) is 21.7 Å². The van der Waals surface area contributed by atoms with E-state index in [0.29, 0.717) is 19.5 Å². The lowest BCUT2D eigenvalue weighted by molar-refractivity contribution is -0.667. The van der Waals surface area contributed by atoms with Gasteiger partial charge in [-0.1, -0.05) is 90.2 Å². The van der Waals surface area contributed by atoms with Gasteiger partial charge in [0.2, 0.25) is 5.52 Å². The molecule has 2 N–H and O–H groups in total. The summed E-state index contributed by atoms with van der Waals surface area (Å²) in [5, 5.41) is 5.58. The first kappa shape index (κ1) is 31.2. The summed E-state index contributed by atoms with van der Waals surface area (Å²) >= 11 is 1.14. The van der Waals surface area contributed by atoms with Gasteiger partial charge in [-0.05, 0) is 41.8 Å². The lowest BCUT2D eigenvalue weighted by Crippen LogP contribution is -2.36. The van der Waals surface area contributed by atoms with E-state index in [1.807, 2.05) is 24.3 Å². The molecule has 0 amide bonds. The number of nitrogens with zero attached hydrogens (tertiary/aromatic N) is 2. The summed E-state index contributed by atoms with van der Waals surface area (Å²) in [6.45, 7) is 3.17. The lowest BCUT2D eigenvalue weighted by Gasteiger charge is -2.27. The van der Waals surface area contributed by atoms with Crippen LogP contribution in [-0.4, -0.2) is 46.0 Å². The second kappa shape index (κ2) is 13.3. The topological polar surface area (TPSA) is 108 Å². The molecule has 8 nitrogen and oxygen atoms in total. The highest BCUT2D eigenvalue weighted by Gasteiger charge is 2.32. The number of thioether (sulfide) groups is 1. The van der Waals surface area contributed by atoms with Gasteiger partial charge in [0.1, 0.15) is 4.70 Å². The summed E-state index contributed by atoms with van der Waals surface area (Å²) in [6, 6.07) is 25.0. The summed E-state index contributed by atoms with van der Waals surface area (Å²) in [4.78, 5) is 3.46. The molecular weight excluding hydrogens is 637 g/mol. The van der Waals surface area contributed by atoms with E-state index in [1.165, 1.54) is 10.5 Å². The molecule has 1 aliphatic rings. The normalized spacial score (nSPS) is 16.3. The Morgan fingerprint density at radius 3 is 2.48 bits per heavy atom. The molecule has 1 aliphatic heterocycles. The highest BCUT2D eigenvalue weighted by molar-refractivity contribution is 8.00. The van der Waals surface area contributed by atoms with Crippen molar-refractivity contribution in [1.29, 1.82) is 0 Å². The minimum absolute atomic E-state index is 0.0564. The Kier molecular flexibility index (Phi) is 9.39. The minimum Gasteiger partial charge on any atom is -0.355 e. The Bertz CT molecular complexity index is 2010. The van der Waals surface area contributed by atoms with Crippen LogP contribution in [0, 0.1) is 0 Å². The van der Waals surface area contributed by atoms with Gasteiger partial charge in [-0.3, -0.25) is 13.3 Å². The predicted octanol–water partition coefficient (Wildman–Crippen LogP) is 7.05. The Morgan fingerprint density at radius 2 is 1.75 bits per heavy atom. The van der Waals surface area contributed by atoms with E-state index in [-0.39, 0.29) is 17.7 Å². The molecule has 230 valence electrons. The molecule has 2 heterocycles. The molecule has 4 aromatic carbocycles. The molecule has 44 heavy (non-hydrogen) atoms. The van der Waals surface area contributed by atoms with Crippen LogP contribution in [0.4, 0.5) is 5.69 Å². The highest BCUT2D eigenvalue weighted by atomic mass is 32.2. The van der Waals surface area contributed by atoms with E-state index in [0.717, 1.165) is 55.3 Å². The molecule has 0 saturated carbocycles. The second-order valence-corrected chi connectivity index (χ2v) is 15.2. The average molecular weight is 670 g/mol. The van der Waals surface area contributed by atoms with Crippen LogP contribution in [0.5, 0.6) is 0 Å². The molecule has 1 aromatic heterocycles. The SMILES string of the molecule is CCC(=Cc1sc2ccc3ccccc3c2[n+]1CCCS(=O)(=O)O)CC1Sc2ccc3ccccc3c2N1CCOS(=O)O. The van der Waals surface area contributed by atoms with Gasteiger partial charge >= 0.3 is 11.4 Å². The zero-order valence-corrected chi connectivity index (χ0v) is 27.4. The van der Waals surface area contributed by atoms with Crippen molar-refractivity contribution in [2.24, 2.45) is 0 Å². The average Bonchev–Trinajstić information content (AvgIpc) is 3.53. The summed E-state index contributed by atoms with van der Waals surface area (Å²) in [6.07, 6.45) is 4.10. The second-order valence-electron chi connectivity index (χ2n) is 10.7. The Hall–Kier alpha value is -2.84. The molecule has 6 rings (SSSR count). The zero-order chi connectivity index (χ0) is 30.8. The van der Waals surface area contributed by atoms with Gasteiger partial charge in [0.05, 0.1) is 28.8 Å². The van der Waals surface area contributed by atoms with Crippen LogP contribution in [0.3, 0.4) is 0 Å². The summed E-state index contributed by atoms with van der Waals surface area (Å²) in [5.41, 5.74) is 3.42. The molecule has 0 radical (unpaired) electrons. The lowest BCUT2D eigenvalue weighted by atomic mass is 10.1. The number of rotatable bonds is 12. The van der Waals surface area contributed by atoms with Gasteiger partial charge in [0.15, 0.2) is 6.54 Å². The number of benzene rings is 4. The van der Waals surface area contributed by atoms with Crippen molar-refractivity contribution in [3.63, 3.8) is 0 Å². The quantitative estimate of drug-likeness (QED) is 0.0827. The maximum absolute atomic E-state index is 11.5. The fourth-order valence-corrected chi connectivity index (χ4v) is 9.23. The number of thiazole rings is 1. The number of anilines is 1. The van der Waals surface area contributed by atoms with E-state index in [4.69, 9.17) is 4.18 Å². The summed E-state index contributed by atoms with van der Waals surface area (Å²) < 4.78 is 61.4. The first-order valence-corrected chi connectivity index (χ1v) is 18.7. The Balaban J connectivity index is 1.37. The van der Waals surface area contributed by atoms with E-state index >= 15 is 0 Å². The van der Waals surface area contributed by atoms with Crippen molar-refractivity contribution in [3.05, 3.63) is 83.4 Å². The number of fused-ring (bicyclic) bond motifs is 6.